The van der Waals surface area contributed by atoms with Crippen molar-refractivity contribution in [3.05, 3.63) is 68.8 Å². The SMILES string of the molecule is O=C(NCC1COc2ccccc2O1)c1ccc(NS(=O)(=O)c2cc(Cl)sc2Cl)cc1. The second-order valence-electron chi connectivity index (χ2n) is 6.58. The van der Waals surface area contributed by atoms with Crippen LogP contribution in [0, 0.1) is 0 Å². The van der Waals surface area contributed by atoms with E-state index in [1.807, 2.05) is 18.2 Å². The Kier molecular flexibility index (Phi) is 6.29. The third-order valence-corrected chi connectivity index (χ3v) is 7.51. The zero-order valence-electron chi connectivity index (χ0n) is 15.8. The van der Waals surface area contributed by atoms with Crippen LogP contribution in [-0.2, 0) is 10.0 Å². The average molecular weight is 499 g/mol. The third-order valence-electron chi connectivity index (χ3n) is 4.37. The molecule has 1 aromatic heterocycles. The largest absolute Gasteiger partial charge is 0.486 e. The van der Waals surface area contributed by atoms with Gasteiger partial charge < -0.3 is 14.8 Å². The van der Waals surface area contributed by atoms with E-state index in [1.54, 1.807) is 6.07 Å². The van der Waals surface area contributed by atoms with E-state index in [1.165, 1.54) is 30.3 Å². The molecule has 4 rings (SSSR count). The van der Waals surface area contributed by atoms with E-state index in [0.29, 0.717) is 23.7 Å². The predicted octanol–water partition coefficient (Wildman–Crippen LogP) is 4.43. The average Bonchev–Trinajstić information content (AvgIpc) is 3.11. The summed E-state index contributed by atoms with van der Waals surface area (Å²) >= 11 is 12.7. The predicted molar refractivity (Wildman–Crippen MR) is 120 cm³/mol. The standard InChI is InChI=1S/C20H16Cl2N2O5S2/c21-18-9-17(19(22)30-18)31(26,27)24-13-7-5-12(6-8-13)20(25)23-10-14-11-28-15-3-1-2-4-16(15)29-14/h1-9,14,24H,10-11H2,(H,23,25). The molecule has 0 saturated carbocycles. The van der Waals surface area contributed by atoms with Gasteiger partial charge in [0.15, 0.2) is 11.5 Å². The zero-order chi connectivity index (χ0) is 22.0. The smallest absolute Gasteiger partial charge is 0.264 e. The second-order valence-corrected chi connectivity index (χ2v) is 10.5. The number of rotatable bonds is 6. The van der Waals surface area contributed by atoms with Gasteiger partial charge in [0.25, 0.3) is 15.9 Å². The van der Waals surface area contributed by atoms with Gasteiger partial charge in [0.2, 0.25) is 0 Å². The number of carbonyl (C=O) groups is 1. The lowest BCUT2D eigenvalue weighted by molar-refractivity contribution is 0.0789. The molecule has 3 aromatic rings. The number of para-hydroxylation sites is 2. The van der Waals surface area contributed by atoms with Gasteiger partial charge in [-0.3, -0.25) is 9.52 Å². The maximum atomic E-state index is 12.5. The van der Waals surface area contributed by atoms with Gasteiger partial charge in [0.1, 0.15) is 21.9 Å². The number of hydrogen-bond acceptors (Lipinski definition) is 6. The summed E-state index contributed by atoms with van der Waals surface area (Å²) in [6.07, 6.45) is -0.313. The molecular formula is C20H16Cl2N2O5S2. The molecule has 11 heteroatoms. The van der Waals surface area contributed by atoms with E-state index in [2.05, 4.69) is 10.0 Å². The Balaban J connectivity index is 1.35. The summed E-state index contributed by atoms with van der Waals surface area (Å²) in [5.41, 5.74) is 0.659. The molecule has 162 valence electrons. The summed E-state index contributed by atoms with van der Waals surface area (Å²) in [4.78, 5) is 12.3. The fourth-order valence-electron chi connectivity index (χ4n) is 2.88. The molecule has 0 saturated heterocycles. The minimum absolute atomic E-state index is 0.0741. The first-order valence-corrected chi connectivity index (χ1v) is 12.1. The molecule has 0 radical (unpaired) electrons. The Morgan fingerprint density at radius 1 is 1.10 bits per heavy atom. The number of thiophene rings is 1. The molecule has 1 aliphatic rings. The first-order chi connectivity index (χ1) is 14.8. The summed E-state index contributed by atoms with van der Waals surface area (Å²) in [5, 5.41) is 2.79. The fourth-order valence-corrected chi connectivity index (χ4v) is 6.09. The summed E-state index contributed by atoms with van der Waals surface area (Å²) < 4.78 is 39.1. The third kappa shape index (κ3) is 5.07. The highest BCUT2D eigenvalue weighted by molar-refractivity contribution is 7.93. The Morgan fingerprint density at radius 2 is 1.81 bits per heavy atom. The van der Waals surface area contributed by atoms with Crippen molar-refractivity contribution in [2.24, 2.45) is 0 Å². The lowest BCUT2D eigenvalue weighted by atomic mass is 10.2. The van der Waals surface area contributed by atoms with Crippen molar-refractivity contribution in [2.45, 2.75) is 11.0 Å². The van der Waals surface area contributed by atoms with E-state index in [4.69, 9.17) is 32.7 Å². The Labute approximate surface area is 192 Å². The molecule has 0 fully saturated rings. The topological polar surface area (TPSA) is 93.7 Å². The Hall–Kier alpha value is -2.46. The van der Waals surface area contributed by atoms with Gasteiger partial charge in [-0.15, -0.1) is 11.3 Å². The monoisotopic (exact) mass is 498 g/mol. The van der Waals surface area contributed by atoms with Crippen molar-refractivity contribution < 1.29 is 22.7 Å². The molecule has 0 spiro atoms. The first-order valence-electron chi connectivity index (χ1n) is 9.06. The van der Waals surface area contributed by atoms with Gasteiger partial charge >= 0.3 is 0 Å². The minimum atomic E-state index is -3.89. The van der Waals surface area contributed by atoms with Crippen molar-refractivity contribution in [2.75, 3.05) is 17.9 Å². The number of nitrogens with one attached hydrogen (secondary N) is 2. The summed E-state index contributed by atoms with van der Waals surface area (Å²) in [6, 6.07) is 14.6. The maximum absolute atomic E-state index is 12.5. The van der Waals surface area contributed by atoms with Gasteiger partial charge in [0.05, 0.1) is 10.9 Å². The molecule has 2 aromatic carbocycles. The molecule has 1 aliphatic heterocycles. The number of amides is 1. The minimum Gasteiger partial charge on any atom is -0.486 e. The van der Waals surface area contributed by atoms with Crippen molar-refractivity contribution in [3.63, 3.8) is 0 Å². The van der Waals surface area contributed by atoms with Crippen LogP contribution in [0.5, 0.6) is 11.5 Å². The number of anilines is 1. The molecular weight excluding hydrogens is 483 g/mol. The van der Waals surface area contributed by atoms with Gasteiger partial charge in [-0.25, -0.2) is 8.42 Å². The van der Waals surface area contributed by atoms with Crippen molar-refractivity contribution in [3.8, 4) is 11.5 Å². The van der Waals surface area contributed by atoms with Crippen LogP contribution in [0.1, 0.15) is 10.4 Å². The summed E-state index contributed by atoms with van der Waals surface area (Å²) in [5.74, 6) is 0.996. The number of benzene rings is 2. The van der Waals surface area contributed by atoms with Crippen LogP contribution in [0.2, 0.25) is 8.67 Å². The van der Waals surface area contributed by atoms with Crippen LogP contribution in [0.3, 0.4) is 0 Å². The molecule has 1 amide bonds. The van der Waals surface area contributed by atoms with Crippen LogP contribution in [0.4, 0.5) is 5.69 Å². The first kappa shape index (κ1) is 21.8. The lowest BCUT2D eigenvalue weighted by Gasteiger charge is -2.26. The quantitative estimate of drug-likeness (QED) is 0.524. The Bertz CT molecular complexity index is 1210. The molecule has 1 unspecified atom stereocenters. The van der Waals surface area contributed by atoms with E-state index in [0.717, 1.165) is 11.3 Å². The van der Waals surface area contributed by atoms with Gasteiger partial charge in [-0.1, -0.05) is 35.3 Å². The zero-order valence-corrected chi connectivity index (χ0v) is 18.9. The molecule has 7 nitrogen and oxygen atoms in total. The number of ether oxygens (including phenoxy) is 2. The van der Waals surface area contributed by atoms with E-state index < -0.39 is 10.0 Å². The Morgan fingerprint density at radius 3 is 2.48 bits per heavy atom. The van der Waals surface area contributed by atoms with Crippen molar-refractivity contribution >= 4 is 56.2 Å². The summed E-state index contributed by atoms with van der Waals surface area (Å²) in [6.45, 7) is 0.589. The number of carbonyl (C=O) groups excluding carboxylic acids is 1. The van der Waals surface area contributed by atoms with E-state index in [-0.39, 0.29) is 37.8 Å². The molecule has 2 heterocycles. The fraction of sp³-hybridized carbons (Fsp3) is 0.150. The van der Waals surface area contributed by atoms with Crippen LogP contribution < -0.4 is 19.5 Å². The second kappa shape index (κ2) is 8.96. The van der Waals surface area contributed by atoms with Crippen LogP contribution in [0.15, 0.2) is 59.5 Å². The van der Waals surface area contributed by atoms with Gasteiger partial charge in [-0.2, -0.15) is 0 Å². The molecule has 2 N–H and O–H groups in total. The normalized spacial score (nSPS) is 15.4. The summed E-state index contributed by atoms with van der Waals surface area (Å²) in [7, 11) is -3.89. The van der Waals surface area contributed by atoms with Crippen LogP contribution in [-0.4, -0.2) is 33.6 Å². The number of sulfonamides is 1. The van der Waals surface area contributed by atoms with Crippen molar-refractivity contribution in [1.82, 2.24) is 5.32 Å². The molecule has 1 atom stereocenters. The number of halogens is 2. The van der Waals surface area contributed by atoms with Gasteiger partial charge in [0, 0.05) is 11.3 Å². The van der Waals surface area contributed by atoms with Crippen LogP contribution in [0.25, 0.3) is 0 Å². The number of hydrogen-bond donors (Lipinski definition) is 2. The van der Waals surface area contributed by atoms with E-state index >= 15 is 0 Å². The molecule has 31 heavy (non-hydrogen) atoms. The van der Waals surface area contributed by atoms with E-state index in [9.17, 15) is 13.2 Å². The van der Waals surface area contributed by atoms with Gasteiger partial charge in [-0.05, 0) is 42.5 Å². The number of fused-ring (bicyclic) bond motifs is 1. The highest BCUT2D eigenvalue weighted by atomic mass is 35.5. The van der Waals surface area contributed by atoms with Crippen LogP contribution >= 0.6 is 34.5 Å². The highest BCUT2D eigenvalue weighted by Gasteiger charge is 2.22. The maximum Gasteiger partial charge on any atom is 0.264 e. The lowest BCUT2D eigenvalue weighted by Crippen LogP contribution is -2.40. The van der Waals surface area contributed by atoms with Crippen molar-refractivity contribution in [1.29, 1.82) is 0 Å². The molecule has 0 aliphatic carbocycles. The molecule has 0 bridgehead atoms. The highest BCUT2D eigenvalue weighted by Crippen LogP contribution is 2.35.